The van der Waals surface area contributed by atoms with Gasteiger partial charge >= 0.3 is 0 Å². The molecule has 0 aromatic carbocycles. The Morgan fingerprint density at radius 3 is 2.04 bits per heavy atom. The maximum atomic E-state index is 13.8. The lowest BCUT2D eigenvalue weighted by atomic mass is 9.97. The van der Waals surface area contributed by atoms with Crippen LogP contribution in [-0.4, -0.2) is 116 Å². The van der Waals surface area contributed by atoms with Crippen LogP contribution in [0.2, 0.25) is 0 Å². The van der Waals surface area contributed by atoms with E-state index in [1.807, 2.05) is 6.92 Å². The fourth-order valence-electron chi connectivity index (χ4n) is 5.43. The molecule has 1 saturated heterocycles. The monoisotopic (exact) mass is 710 g/mol. The third-order valence-electron chi connectivity index (χ3n) is 8.70. The van der Waals surface area contributed by atoms with Gasteiger partial charge in [-0.15, -0.1) is 0 Å². The number of aliphatic imine (C=N–C) groups is 1. The van der Waals surface area contributed by atoms with Crippen molar-refractivity contribution in [1.29, 1.82) is 0 Å². The third kappa shape index (κ3) is 16.1. The van der Waals surface area contributed by atoms with Gasteiger partial charge in [-0.05, 0) is 90.3 Å². The molecule has 1 aliphatic rings. The van der Waals surface area contributed by atoms with Crippen LogP contribution in [0.15, 0.2) is 4.99 Å². The SMILES string of the molecule is CC[C@H](C)[C@H](NC(=O)[C@H](CCCN=C(N)N)NC(=O)[C@H](CCCCN)NC(=O)[C@@H]1CCCN1C(=O)CNCCCCN)C(=O)N[C@@H](C)C(N)=O. The minimum atomic E-state index is -1.13. The molecule has 0 aromatic rings. The maximum Gasteiger partial charge on any atom is 0.243 e. The number of guanidine groups is 1. The Balaban J connectivity index is 3.17. The fourth-order valence-corrected chi connectivity index (χ4v) is 5.43. The molecule has 1 fully saturated rings. The second-order valence-corrected chi connectivity index (χ2v) is 12.8. The molecule has 0 bridgehead atoms. The van der Waals surface area contributed by atoms with Gasteiger partial charge in [0.1, 0.15) is 30.2 Å². The quantitative estimate of drug-likeness (QED) is 0.0258. The Hall–Kier alpha value is -4.03. The minimum absolute atomic E-state index is 0.0858. The largest absolute Gasteiger partial charge is 0.370 e. The number of hydrogen-bond donors (Lipinski definition) is 10. The number of nitrogens with zero attached hydrogens (tertiary/aromatic N) is 2. The van der Waals surface area contributed by atoms with E-state index in [2.05, 4.69) is 31.6 Å². The van der Waals surface area contributed by atoms with Crippen molar-refractivity contribution in [3.8, 4) is 0 Å². The van der Waals surface area contributed by atoms with Crippen molar-refractivity contribution >= 4 is 41.4 Å². The fraction of sp³-hybridized carbons (Fsp3) is 0.781. The van der Waals surface area contributed by atoms with Crippen molar-refractivity contribution in [3.63, 3.8) is 0 Å². The topological polar surface area (TPSA) is 308 Å². The zero-order chi connectivity index (χ0) is 37.6. The molecule has 6 amide bonds. The zero-order valence-corrected chi connectivity index (χ0v) is 30.0. The van der Waals surface area contributed by atoms with Crippen molar-refractivity contribution in [3.05, 3.63) is 0 Å². The molecule has 18 heteroatoms. The van der Waals surface area contributed by atoms with E-state index >= 15 is 0 Å². The molecule has 18 nitrogen and oxygen atoms in total. The molecular formula is C32H62N12O6. The third-order valence-corrected chi connectivity index (χ3v) is 8.70. The van der Waals surface area contributed by atoms with E-state index < -0.39 is 59.7 Å². The molecule has 0 aliphatic carbocycles. The number of carbonyl (C=O) groups is 6. The number of hydrogen-bond acceptors (Lipinski definition) is 10. The molecular weight excluding hydrogens is 648 g/mol. The second kappa shape index (κ2) is 24.2. The summed E-state index contributed by atoms with van der Waals surface area (Å²) in [6.45, 7) is 7.32. The molecule has 15 N–H and O–H groups in total. The number of rotatable bonds is 25. The molecule has 0 unspecified atom stereocenters. The summed E-state index contributed by atoms with van der Waals surface area (Å²) in [4.78, 5) is 84.1. The van der Waals surface area contributed by atoms with Gasteiger partial charge < -0.3 is 60.2 Å². The summed E-state index contributed by atoms with van der Waals surface area (Å²) >= 11 is 0. The van der Waals surface area contributed by atoms with Crippen LogP contribution in [0.5, 0.6) is 0 Å². The maximum absolute atomic E-state index is 13.8. The summed E-state index contributed by atoms with van der Waals surface area (Å²) in [6, 6.07) is -4.91. The molecule has 0 saturated carbocycles. The minimum Gasteiger partial charge on any atom is -0.370 e. The smallest absolute Gasteiger partial charge is 0.243 e. The molecule has 0 spiro atoms. The van der Waals surface area contributed by atoms with Crippen LogP contribution in [0.25, 0.3) is 0 Å². The van der Waals surface area contributed by atoms with Crippen LogP contribution >= 0.6 is 0 Å². The number of nitrogens with two attached hydrogens (primary N) is 5. The van der Waals surface area contributed by atoms with E-state index in [4.69, 9.17) is 28.7 Å². The molecule has 1 heterocycles. The summed E-state index contributed by atoms with van der Waals surface area (Å²) in [5, 5.41) is 13.9. The second-order valence-electron chi connectivity index (χ2n) is 12.8. The summed E-state index contributed by atoms with van der Waals surface area (Å²) in [5.74, 6) is -3.72. The van der Waals surface area contributed by atoms with Crippen molar-refractivity contribution in [2.45, 2.75) is 115 Å². The standard InChI is InChI=1S/C32H62N12O6/c1-4-20(2)26(31(50)40-21(3)27(35)46)43-29(48)23(12-9-17-39-32(36)37)41-28(47)22(11-5-6-14-33)42-30(49)24-13-10-18-44(24)25(45)19-38-16-8-7-15-34/h20-24,26,38H,4-19,33-34H2,1-3H3,(H2,35,46)(H,40,50)(H,41,47)(H,42,49)(H,43,48)(H4,36,37,39)/t20-,21-,22-,23-,24-,26-/m0/s1. The first-order valence-corrected chi connectivity index (χ1v) is 17.7. The average molecular weight is 711 g/mol. The van der Waals surface area contributed by atoms with E-state index in [0.717, 1.165) is 12.8 Å². The van der Waals surface area contributed by atoms with Crippen LogP contribution in [0.1, 0.15) is 85.0 Å². The van der Waals surface area contributed by atoms with E-state index in [-0.39, 0.29) is 43.7 Å². The average Bonchev–Trinajstić information content (AvgIpc) is 3.57. The lowest BCUT2D eigenvalue weighted by molar-refractivity contribution is -0.139. The number of amides is 6. The van der Waals surface area contributed by atoms with Crippen molar-refractivity contribution in [1.82, 2.24) is 31.5 Å². The Labute approximate surface area is 295 Å². The summed E-state index contributed by atoms with van der Waals surface area (Å²) in [7, 11) is 0. The predicted molar refractivity (Wildman–Crippen MR) is 191 cm³/mol. The first-order valence-electron chi connectivity index (χ1n) is 17.7. The zero-order valence-electron chi connectivity index (χ0n) is 30.0. The molecule has 0 aromatic heterocycles. The highest BCUT2D eigenvalue weighted by Crippen LogP contribution is 2.18. The van der Waals surface area contributed by atoms with Gasteiger partial charge in [-0.1, -0.05) is 20.3 Å². The Morgan fingerprint density at radius 2 is 1.42 bits per heavy atom. The number of unbranched alkanes of at least 4 members (excludes halogenated alkanes) is 2. The van der Waals surface area contributed by atoms with Crippen LogP contribution in [0.4, 0.5) is 0 Å². The van der Waals surface area contributed by atoms with Gasteiger partial charge in [0, 0.05) is 13.1 Å². The summed E-state index contributed by atoms with van der Waals surface area (Å²) in [5.41, 5.74) is 27.4. The normalized spacial score (nSPS) is 17.1. The van der Waals surface area contributed by atoms with Gasteiger partial charge in [-0.2, -0.15) is 0 Å². The summed E-state index contributed by atoms with van der Waals surface area (Å²) in [6.07, 6.45) is 5.05. The Morgan fingerprint density at radius 1 is 0.800 bits per heavy atom. The van der Waals surface area contributed by atoms with Gasteiger partial charge in [-0.25, -0.2) is 0 Å². The van der Waals surface area contributed by atoms with E-state index in [9.17, 15) is 28.8 Å². The molecule has 50 heavy (non-hydrogen) atoms. The number of primary amides is 1. The van der Waals surface area contributed by atoms with E-state index in [0.29, 0.717) is 64.7 Å². The first-order chi connectivity index (χ1) is 23.8. The van der Waals surface area contributed by atoms with Crippen molar-refractivity contribution in [2.75, 3.05) is 39.3 Å². The van der Waals surface area contributed by atoms with Crippen molar-refractivity contribution in [2.24, 2.45) is 39.6 Å². The van der Waals surface area contributed by atoms with E-state index in [1.165, 1.54) is 11.8 Å². The molecule has 1 aliphatic heterocycles. The van der Waals surface area contributed by atoms with Gasteiger partial charge in [-0.3, -0.25) is 33.8 Å². The lowest BCUT2D eigenvalue weighted by Gasteiger charge is -2.29. The van der Waals surface area contributed by atoms with Crippen LogP contribution in [-0.2, 0) is 28.8 Å². The highest BCUT2D eigenvalue weighted by molar-refractivity contribution is 5.96. The number of carbonyl (C=O) groups excluding carboxylic acids is 6. The Bertz CT molecular complexity index is 1130. The summed E-state index contributed by atoms with van der Waals surface area (Å²) < 4.78 is 0. The van der Waals surface area contributed by atoms with Crippen LogP contribution < -0.4 is 55.3 Å². The van der Waals surface area contributed by atoms with Gasteiger partial charge in [0.15, 0.2) is 5.96 Å². The number of likely N-dealkylation sites (tertiary alicyclic amines) is 1. The van der Waals surface area contributed by atoms with Gasteiger partial charge in [0.25, 0.3) is 0 Å². The van der Waals surface area contributed by atoms with Gasteiger partial charge in [0.2, 0.25) is 35.4 Å². The lowest BCUT2D eigenvalue weighted by Crippen LogP contribution is -2.59. The number of nitrogens with one attached hydrogen (secondary N) is 5. The van der Waals surface area contributed by atoms with Crippen LogP contribution in [0.3, 0.4) is 0 Å². The highest BCUT2D eigenvalue weighted by Gasteiger charge is 2.37. The molecule has 1 rings (SSSR count). The van der Waals surface area contributed by atoms with Crippen LogP contribution in [0, 0.1) is 5.92 Å². The Kier molecular flexibility index (Phi) is 21.3. The predicted octanol–water partition coefficient (Wildman–Crippen LogP) is -3.02. The van der Waals surface area contributed by atoms with Crippen molar-refractivity contribution < 1.29 is 28.8 Å². The van der Waals surface area contributed by atoms with E-state index in [1.54, 1.807) is 6.92 Å². The van der Waals surface area contributed by atoms with Gasteiger partial charge in [0.05, 0.1) is 6.54 Å². The molecule has 6 atom stereocenters. The highest BCUT2D eigenvalue weighted by atomic mass is 16.2. The molecule has 0 radical (unpaired) electrons. The first kappa shape index (κ1) is 44.0. The molecule has 286 valence electrons.